The monoisotopic (exact) mass is 643 g/mol. The minimum Gasteiger partial charge on any atom is -0.352 e. The van der Waals surface area contributed by atoms with Gasteiger partial charge >= 0.3 is 0 Å². The van der Waals surface area contributed by atoms with E-state index in [9.17, 15) is 18.0 Å². The van der Waals surface area contributed by atoms with Crippen LogP contribution in [0.3, 0.4) is 0 Å². The Morgan fingerprint density at radius 1 is 0.884 bits per heavy atom. The molecule has 0 saturated heterocycles. The second kappa shape index (κ2) is 14.1. The number of carbonyl (C=O) groups is 2. The zero-order valence-corrected chi connectivity index (χ0v) is 27.4. The van der Waals surface area contributed by atoms with E-state index in [1.165, 1.54) is 4.90 Å². The Labute approximate surface area is 265 Å². The van der Waals surface area contributed by atoms with Gasteiger partial charge in [0.15, 0.2) is 0 Å². The third-order valence-electron chi connectivity index (χ3n) is 7.81. The largest absolute Gasteiger partial charge is 0.352 e. The number of rotatable bonds is 11. The molecule has 4 rings (SSSR count). The molecule has 0 bridgehead atoms. The Balaban J connectivity index is 1.75. The Kier molecular flexibility index (Phi) is 10.8. The van der Waals surface area contributed by atoms with E-state index in [0.717, 1.165) is 46.7 Å². The lowest BCUT2D eigenvalue weighted by molar-refractivity contribution is -0.140. The average Bonchev–Trinajstić information content (AvgIpc) is 3.46. The van der Waals surface area contributed by atoms with Crippen LogP contribution in [0, 0.1) is 20.8 Å². The Morgan fingerprint density at radius 2 is 1.51 bits per heavy atom. The number of benzene rings is 3. The van der Waals surface area contributed by atoms with Gasteiger partial charge in [-0.15, -0.1) is 0 Å². The van der Waals surface area contributed by atoms with Crippen molar-refractivity contribution in [2.45, 2.75) is 83.3 Å². The number of sulfonamides is 1. The van der Waals surface area contributed by atoms with E-state index < -0.39 is 28.5 Å². The maximum absolute atomic E-state index is 14.3. The molecule has 1 saturated carbocycles. The van der Waals surface area contributed by atoms with Crippen molar-refractivity contribution >= 4 is 50.7 Å². The Morgan fingerprint density at radius 3 is 2.09 bits per heavy atom. The third kappa shape index (κ3) is 8.11. The molecular weight excluding hydrogens is 605 g/mol. The molecule has 2 amide bonds. The number of nitrogens with zero attached hydrogens (tertiary/aromatic N) is 2. The quantitative estimate of drug-likeness (QED) is 0.244. The molecule has 0 spiro atoms. The van der Waals surface area contributed by atoms with Crippen molar-refractivity contribution in [3.63, 3.8) is 0 Å². The first-order chi connectivity index (χ1) is 20.4. The van der Waals surface area contributed by atoms with Crippen LogP contribution in [0.2, 0.25) is 10.0 Å². The summed E-state index contributed by atoms with van der Waals surface area (Å²) in [5, 5.41) is 3.82. The summed E-state index contributed by atoms with van der Waals surface area (Å²) in [5.41, 5.74) is 3.70. The van der Waals surface area contributed by atoms with Gasteiger partial charge in [0.05, 0.1) is 20.6 Å². The molecule has 0 radical (unpaired) electrons. The molecule has 3 aromatic carbocycles. The molecule has 0 aliphatic heterocycles. The van der Waals surface area contributed by atoms with Crippen LogP contribution in [-0.2, 0) is 26.2 Å². The normalized spacial score (nSPS) is 14.4. The van der Waals surface area contributed by atoms with Crippen molar-refractivity contribution in [2.24, 2.45) is 0 Å². The molecule has 1 N–H and O–H groups in total. The smallest absolute Gasteiger partial charge is 0.264 e. The lowest BCUT2D eigenvalue weighted by Gasteiger charge is -2.34. The van der Waals surface area contributed by atoms with Gasteiger partial charge in [-0.2, -0.15) is 0 Å². The summed E-state index contributed by atoms with van der Waals surface area (Å²) in [6.07, 6.45) is 4.25. The fourth-order valence-electron chi connectivity index (χ4n) is 5.58. The predicted molar refractivity (Wildman–Crippen MR) is 173 cm³/mol. The van der Waals surface area contributed by atoms with Crippen LogP contribution >= 0.6 is 23.2 Å². The van der Waals surface area contributed by atoms with Gasteiger partial charge in [-0.1, -0.05) is 72.8 Å². The van der Waals surface area contributed by atoms with Crippen molar-refractivity contribution in [1.29, 1.82) is 0 Å². The first-order valence-corrected chi connectivity index (χ1v) is 16.8. The van der Waals surface area contributed by atoms with Gasteiger partial charge in [0, 0.05) is 12.6 Å². The molecule has 10 heteroatoms. The van der Waals surface area contributed by atoms with Gasteiger partial charge in [0.2, 0.25) is 11.8 Å². The van der Waals surface area contributed by atoms with Crippen LogP contribution in [0.5, 0.6) is 0 Å². The van der Waals surface area contributed by atoms with Gasteiger partial charge in [-0.05, 0) is 93.1 Å². The fourth-order valence-corrected chi connectivity index (χ4v) is 7.30. The lowest BCUT2D eigenvalue weighted by atomic mass is 10.1. The maximum Gasteiger partial charge on any atom is 0.264 e. The zero-order valence-electron chi connectivity index (χ0n) is 25.1. The van der Waals surface area contributed by atoms with Crippen LogP contribution < -0.4 is 9.62 Å². The molecule has 0 heterocycles. The zero-order chi connectivity index (χ0) is 31.3. The highest BCUT2D eigenvalue weighted by atomic mass is 35.5. The molecule has 1 atom stereocenters. The summed E-state index contributed by atoms with van der Waals surface area (Å²) in [6, 6.07) is 16.3. The third-order valence-corrected chi connectivity index (χ3v) is 10.3. The summed E-state index contributed by atoms with van der Waals surface area (Å²) in [5.74, 6) is -0.753. The van der Waals surface area contributed by atoms with Gasteiger partial charge in [0.1, 0.15) is 12.6 Å². The maximum atomic E-state index is 14.3. The first kappa shape index (κ1) is 32.8. The van der Waals surface area contributed by atoms with E-state index in [0.29, 0.717) is 27.7 Å². The van der Waals surface area contributed by atoms with Crippen LogP contribution in [0.1, 0.15) is 61.3 Å². The highest BCUT2D eigenvalue weighted by Crippen LogP contribution is 2.28. The van der Waals surface area contributed by atoms with Crippen molar-refractivity contribution in [3.05, 3.63) is 93.0 Å². The van der Waals surface area contributed by atoms with Crippen molar-refractivity contribution < 1.29 is 18.0 Å². The molecule has 3 aromatic rings. The molecular formula is C33H39Cl2N3O4S. The van der Waals surface area contributed by atoms with E-state index in [-0.39, 0.29) is 23.4 Å². The van der Waals surface area contributed by atoms with Crippen LogP contribution in [0.15, 0.2) is 65.6 Å². The van der Waals surface area contributed by atoms with Gasteiger partial charge in [-0.3, -0.25) is 13.9 Å². The molecule has 43 heavy (non-hydrogen) atoms. The topological polar surface area (TPSA) is 86.8 Å². The molecule has 0 aromatic heterocycles. The second-order valence-corrected chi connectivity index (χ2v) is 14.0. The van der Waals surface area contributed by atoms with Gasteiger partial charge in [-0.25, -0.2) is 8.42 Å². The van der Waals surface area contributed by atoms with Crippen molar-refractivity contribution in [1.82, 2.24) is 10.2 Å². The average molecular weight is 645 g/mol. The van der Waals surface area contributed by atoms with E-state index in [2.05, 4.69) is 5.32 Å². The molecule has 1 fully saturated rings. The van der Waals surface area contributed by atoms with Crippen LogP contribution in [0.25, 0.3) is 0 Å². The van der Waals surface area contributed by atoms with Crippen LogP contribution in [-0.4, -0.2) is 43.8 Å². The van der Waals surface area contributed by atoms with Crippen LogP contribution in [0.4, 0.5) is 5.69 Å². The van der Waals surface area contributed by atoms with Crippen molar-refractivity contribution in [2.75, 3.05) is 10.8 Å². The summed E-state index contributed by atoms with van der Waals surface area (Å²) in [4.78, 5) is 29.4. The number of amides is 2. The first-order valence-electron chi connectivity index (χ1n) is 14.6. The summed E-state index contributed by atoms with van der Waals surface area (Å²) in [6.45, 7) is 7.05. The van der Waals surface area contributed by atoms with E-state index >= 15 is 0 Å². The number of hydrogen-bond acceptors (Lipinski definition) is 4. The number of halogens is 2. The molecule has 7 nitrogen and oxygen atoms in total. The van der Waals surface area contributed by atoms with Crippen molar-refractivity contribution in [3.8, 4) is 0 Å². The summed E-state index contributed by atoms with van der Waals surface area (Å²) >= 11 is 12.4. The lowest BCUT2D eigenvalue weighted by Crippen LogP contribution is -2.53. The fraction of sp³-hybridized carbons (Fsp3) is 0.394. The predicted octanol–water partition coefficient (Wildman–Crippen LogP) is 6.98. The Bertz CT molecular complexity index is 1550. The number of anilines is 1. The highest BCUT2D eigenvalue weighted by molar-refractivity contribution is 7.92. The minimum absolute atomic E-state index is 0.0532. The number of carbonyl (C=O) groups excluding carboxylic acids is 2. The number of nitrogens with one attached hydrogen (secondary N) is 1. The minimum atomic E-state index is -4.14. The Hall–Kier alpha value is -3.07. The number of aryl methyl sites for hydroxylation is 3. The van der Waals surface area contributed by atoms with E-state index in [1.807, 2.05) is 33.8 Å². The van der Waals surface area contributed by atoms with E-state index in [4.69, 9.17) is 23.2 Å². The SMILES string of the molecule is CC[C@H](C(=O)NC1CCCC1)N(Cc1ccc(Cl)c(Cl)c1)C(=O)CN(c1cc(C)cc(C)c1)S(=O)(=O)c1ccc(C)cc1. The summed E-state index contributed by atoms with van der Waals surface area (Å²) in [7, 11) is -4.14. The van der Waals surface area contributed by atoms with E-state index in [1.54, 1.807) is 54.6 Å². The second-order valence-electron chi connectivity index (χ2n) is 11.4. The standard InChI is InChI=1S/C33H39Cl2N3O4S/c1-5-31(33(40)36-26-8-6-7-9-26)37(20-25-12-15-29(34)30(35)19-25)32(39)21-38(27-17-23(3)16-24(4)18-27)43(41,42)28-13-10-22(2)11-14-28/h10-19,26,31H,5-9,20-21H2,1-4H3,(H,36,40)/t31-/m1/s1. The molecule has 230 valence electrons. The molecule has 1 aliphatic carbocycles. The molecule has 0 unspecified atom stereocenters. The summed E-state index contributed by atoms with van der Waals surface area (Å²) < 4.78 is 29.4. The molecule has 1 aliphatic rings. The number of hydrogen-bond donors (Lipinski definition) is 1. The van der Waals surface area contributed by atoms with Gasteiger partial charge in [0.25, 0.3) is 10.0 Å². The highest BCUT2D eigenvalue weighted by Gasteiger charge is 2.34. The van der Waals surface area contributed by atoms with Gasteiger partial charge < -0.3 is 10.2 Å².